The number of carbonyl (C=O) groups excluding carboxylic acids is 2. The molecule has 1 aliphatic rings. The first kappa shape index (κ1) is 27.0. The van der Waals surface area contributed by atoms with Crippen LogP contribution in [-0.2, 0) is 4.79 Å². The van der Waals surface area contributed by atoms with Gasteiger partial charge in [0.05, 0.1) is 32.8 Å². The Labute approximate surface area is 224 Å². The molecule has 9 heteroatoms. The van der Waals surface area contributed by atoms with E-state index in [9.17, 15) is 9.59 Å². The Morgan fingerprint density at radius 3 is 2.25 bits per heavy atom. The lowest BCUT2D eigenvalue weighted by Gasteiger charge is -2.17. The molecule has 1 amide bonds. The number of hydrogen-bond donors (Lipinski definition) is 0. The summed E-state index contributed by atoms with van der Waals surface area (Å²) in [7, 11) is 4.66. The SMILES string of the molecule is Br.COc1ccc(C=C2N=C(SCC(=O)c3ccc(OC)c(OC)c3)N(c3ccccc3)C2=O)cc1. The molecule has 0 aromatic heterocycles. The van der Waals surface area contributed by atoms with Crippen molar-refractivity contribution in [3.05, 3.63) is 89.6 Å². The van der Waals surface area contributed by atoms with E-state index in [4.69, 9.17) is 14.2 Å². The zero-order chi connectivity index (χ0) is 24.8. The van der Waals surface area contributed by atoms with Gasteiger partial charge in [-0.15, -0.1) is 17.0 Å². The molecular formula is C27H25BrN2O5S. The Hall–Kier alpha value is -3.56. The van der Waals surface area contributed by atoms with Crippen molar-refractivity contribution >= 4 is 57.4 Å². The van der Waals surface area contributed by atoms with Crippen LogP contribution in [-0.4, -0.2) is 43.9 Å². The number of nitrogens with zero attached hydrogens (tertiary/aromatic N) is 2. The van der Waals surface area contributed by atoms with E-state index in [0.29, 0.717) is 33.6 Å². The van der Waals surface area contributed by atoms with Gasteiger partial charge in [0.1, 0.15) is 11.4 Å². The third kappa shape index (κ3) is 5.98. The summed E-state index contributed by atoms with van der Waals surface area (Å²) >= 11 is 1.21. The molecule has 36 heavy (non-hydrogen) atoms. The van der Waals surface area contributed by atoms with Crippen molar-refractivity contribution in [1.29, 1.82) is 0 Å². The number of ketones is 1. The first-order valence-corrected chi connectivity index (χ1v) is 11.7. The Morgan fingerprint density at radius 1 is 0.917 bits per heavy atom. The maximum Gasteiger partial charge on any atom is 0.283 e. The van der Waals surface area contributed by atoms with Crippen LogP contribution in [0.5, 0.6) is 17.2 Å². The average molecular weight is 569 g/mol. The molecule has 0 saturated carbocycles. The summed E-state index contributed by atoms with van der Waals surface area (Å²) in [5.41, 5.74) is 2.28. The van der Waals surface area contributed by atoms with Gasteiger partial charge in [-0.2, -0.15) is 0 Å². The molecule has 7 nitrogen and oxygen atoms in total. The van der Waals surface area contributed by atoms with E-state index in [0.717, 1.165) is 11.3 Å². The second kappa shape index (κ2) is 12.4. The van der Waals surface area contributed by atoms with E-state index in [-0.39, 0.29) is 34.4 Å². The normalized spacial score (nSPS) is 13.8. The van der Waals surface area contributed by atoms with Crippen LogP contribution < -0.4 is 19.1 Å². The van der Waals surface area contributed by atoms with Crippen molar-refractivity contribution in [3.8, 4) is 17.2 Å². The number of carbonyl (C=O) groups is 2. The first-order chi connectivity index (χ1) is 17.0. The van der Waals surface area contributed by atoms with Gasteiger partial charge >= 0.3 is 0 Å². The molecule has 0 atom stereocenters. The van der Waals surface area contributed by atoms with Crippen molar-refractivity contribution < 1.29 is 23.8 Å². The smallest absolute Gasteiger partial charge is 0.283 e. The highest BCUT2D eigenvalue weighted by molar-refractivity contribution is 8.93. The maximum absolute atomic E-state index is 13.3. The highest BCUT2D eigenvalue weighted by Gasteiger charge is 2.32. The number of methoxy groups -OCH3 is 3. The molecule has 0 spiro atoms. The van der Waals surface area contributed by atoms with Crippen molar-refractivity contribution in [2.24, 2.45) is 4.99 Å². The number of amides is 1. The van der Waals surface area contributed by atoms with E-state index in [1.807, 2.05) is 54.6 Å². The first-order valence-electron chi connectivity index (χ1n) is 10.8. The van der Waals surface area contributed by atoms with Crippen LogP contribution >= 0.6 is 28.7 Å². The molecule has 0 unspecified atom stereocenters. The van der Waals surface area contributed by atoms with Crippen molar-refractivity contribution in [2.45, 2.75) is 0 Å². The highest BCUT2D eigenvalue weighted by Crippen LogP contribution is 2.31. The lowest BCUT2D eigenvalue weighted by atomic mass is 10.1. The van der Waals surface area contributed by atoms with Crippen LogP contribution in [0.4, 0.5) is 5.69 Å². The van der Waals surface area contributed by atoms with Crippen LogP contribution in [0, 0.1) is 0 Å². The lowest BCUT2D eigenvalue weighted by Crippen LogP contribution is -2.30. The van der Waals surface area contributed by atoms with Gasteiger partial charge in [0, 0.05) is 5.56 Å². The van der Waals surface area contributed by atoms with Crippen molar-refractivity contribution in [3.63, 3.8) is 0 Å². The maximum atomic E-state index is 13.3. The van der Waals surface area contributed by atoms with Crippen LogP contribution in [0.25, 0.3) is 6.08 Å². The fourth-order valence-corrected chi connectivity index (χ4v) is 4.39. The number of amidine groups is 1. The summed E-state index contributed by atoms with van der Waals surface area (Å²) in [6, 6.07) is 21.6. The number of aliphatic imine (C=N–C) groups is 1. The van der Waals surface area contributed by atoms with E-state index < -0.39 is 0 Å². The monoisotopic (exact) mass is 568 g/mol. The van der Waals surface area contributed by atoms with E-state index in [1.165, 1.54) is 23.8 Å². The fraction of sp³-hybridized carbons (Fsp3) is 0.148. The van der Waals surface area contributed by atoms with Crippen LogP contribution in [0.15, 0.2) is 83.5 Å². The predicted molar refractivity (Wildman–Crippen MR) is 149 cm³/mol. The summed E-state index contributed by atoms with van der Waals surface area (Å²) < 4.78 is 15.7. The number of para-hydroxylation sites is 1. The molecular weight excluding hydrogens is 544 g/mol. The highest BCUT2D eigenvalue weighted by atomic mass is 79.9. The summed E-state index contributed by atoms with van der Waals surface area (Å²) in [6.07, 6.45) is 1.72. The summed E-state index contributed by atoms with van der Waals surface area (Å²) in [5.74, 6) is 1.48. The topological polar surface area (TPSA) is 77.4 Å². The molecule has 4 rings (SSSR count). The Bertz CT molecular complexity index is 1290. The van der Waals surface area contributed by atoms with Gasteiger partial charge in [0.2, 0.25) is 0 Å². The van der Waals surface area contributed by atoms with Crippen molar-refractivity contribution in [2.75, 3.05) is 32.0 Å². The van der Waals surface area contributed by atoms with E-state index in [2.05, 4.69) is 4.99 Å². The van der Waals surface area contributed by atoms with Gasteiger partial charge in [-0.1, -0.05) is 42.1 Å². The van der Waals surface area contributed by atoms with Crippen LogP contribution in [0.2, 0.25) is 0 Å². The molecule has 0 aliphatic carbocycles. The molecule has 0 fully saturated rings. The molecule has 0 radical (unpaired) electrons. The second-order valence-electron chi connectivity index (χ2n) is 7.45. The number of rotatable bonds is 8. The standard InChI is InChI=1S/C27H24N2O5S.BrH/c1-32-21-12-9-18(10-13-21)15-22-26(31)29(20-7-5-4-6-8-20)27(28-22)35-17-23(30)19-11-14-24(33-2)25(16-19)34-3;/h4-16H,17H2,1-3H3;1H. The van der Waals surface area contributed by atoms with Gasteiger partial charge in [-0.25, -0.2) is 4.99 Å². The molecule has 0 saturated heterocycles. The van der Waals surface area contributed by atoms with Gasteiger partial charge in [0.15, 0.2) is 22.4 Å². The number of thioether (sulfide) groups is 1. The van der Waals surface area contributed by atoms with Gasteiger partial charge in [-0.3, -0.25) is 14.5 Å². The molecule has 0 bridgehead atoms. The quantitative estimate of drug-likeness (QED) is 0.258. The van der Waals surface area contributed by atoms with Gasteiger partial charge in [0.25, 0.3) is 5.91 Å². The van der Waals surface area contributed by atoms with Gasteiger partial charge < -0.3 is 14.2 Å². The average Bonchev–Trinajstić information content (AvgIpc) is 3.22. The minimum Gasteiger partial charge on any atom is -0.497 e. The summed E-state index contributed by atoms with van der Waals surface area (Å²) in [4.78, 5) is 32.3. The molecule has 1 aliphatic heterocycles. The van der Waals surface area contributed by atoms with Crippen molar-refractivity contribution in [1.82, 2.24) is 0 Å². The number of Topliss-reactive ketones (excluding diaryl/α,β-unsaturated/α-hetero) is 1. The fourth-order valence-electron chi connectivity index (χ4n) is 3.48. The molecule has 186 valence electrons. The minimum atomic E-state index is -0.256. The second-order valence-corrected chi connectivity index (χ2v) is 8.40. The van der Waals surface area contributed by atoms with Crippen LogP contribution in [0.3, 0.4) is 0 Å². The number of halogens is 1. The molecule has 3 aromatic carbocycles. The van der Waals surface area contributed by atoms with E-state index in [1.54, 1.807) is 38.5 Å². The molecule has 0 N–H and O–H groups in total. The van der Waals surface area contributed by atoms with E-state index >= 15 is 0 Å². The Kier molecular flexibility index (Phi) is 9.32. The summed E-state index contributed by atoms with van der Waals surface area (Å²) in [6.45, 7) is 0. The van der Waals surface area contributed by atoms with Crippen LogP contribution in [0.1, 0.15) is 15.9 Å². The molecule has 1 heterocycles. The van der Waals surface area contributed by atoms with Gasteiger partial charge in [-0.05, 0) is 54.1 Å². The third-order valence-corrected chi connectivity index (χ3v) is 6.24. The number of anilines is 1. The zero-order valence-electron chi connectivity index (χ0n) is 20.0. The lowest BCUT2D eigenvalue weighted by molar-refractivity contribution is -0.113. The Morgan fingerprint density at radius 2 is 1.61 bits per heavy atom. The minimum absolute atomic E-state index is 0. The Balaban J connectivity index is 0.00000361. The predicted octanol–water partition coefficient (Wildman–Crippen LogP) is 5.65. The number of ether oxygens (including phenoxy) is 3. The molecule has 3 aromatic rings. The third-order valence-electron chi connectivity index (χ3n) is 5.30. The largest absolute Gasteiger partial charge is 0.497 e. The summed E-state index contributed by atoms with van der Waals surface area (Å²) in [5, 5.41) is 0.440. The zero-order valence-corrected chi connectivity index (χ0v) is 22.5. The number of benzene rings is 3. The number of hydrogen-bond acceptors (Lipinski definition) is 7.